The minimum absolute atomic E-state index is 0. The van der Waals surface area contributed by atoms with Crippen LogP contribution >= 0.6 is 45.9 Å². The number of anilines is 8. The van der Waals surface area contributed by atoms with Crippen molar-refractivity contribution in [3.8, 4) is 11.5 Å². The molecule has 7 aromatic rings. The Hall–Kier alpha value is -7.13. The molecule has 2 fully saturated rings. The maximum atomic E-state index is 13.2. The standard InChI is InChI=1S/C44H54ClN7O5S.C22H26ClN7O2S.CH2BNO.Y/c1-7-8-9-12-31-23-35(53)40(33-22-28(4)14-15-32(33)27(2)3)36(24-31)57-44(55)56-21-20-51-16-18-52(19-17-51)38-25-37(47-30(6)48-38)49-39-26-46-43(58-39)42(54)50-41-29(5)11-10-13-34(41)45;1-14-4-3-5-16(23)20(14)28-21(32)22-24-13-19(33-22)27-17-12-18(26-15(2)25-17)30-8-6-29(7-9-30)10-11-31;2-1(3)4;/h10-11,13,22-26,32-33,53H,2,7-9,12,14-21H2,1,3-6H3,(H,50,54)(H,47,48,49);3-5,12-13,31H,6-11H2,1-2H3,(H,28,32)(H,25,26,27);(H2,3,4);. The topological polar surface area (TPSA) is 293 Å². The summed E-state index contributed by atoms with van der Waals surface area (Å²) in [4.78, 5) is 74.6. The molecule has 3 radical (unpaired) electrons. The molecule has 2 unspecified atom stereocenters. The van der Waals surface area contributed by atoms with E-state index in [1.807, 2.05) is 83.1 Å². The van der Waals surface area contributed by atoms with Crippen LogP contribution in [0.15, 0.2) is 96.9 Å². The quantitative estimate of drug-likeness (QED) is 0.00595. The first kappa shape index (κ1) is 76.2. The molecule has 2 amide bonds. The summed E-state index contributed by atoms with van der Waals surface area (Å²) in [5.41, 5.74) is 6.72. The Morgan fingerprint density at radius 3 is 1.72 bits per heavy atom. The number of phenols is 1. The number of β-amino-alcohol motifs (C(OH)–C–C–N with tert-alkyl or cyclic N) is 1. The zero-order valence-corrected chi connectivity index (χ0v) is 61.2. The number of unbranched alkanes of at least 4 members (excludes halogenated alkanes) is 2. The van der Waals surface area contributed by atoms with Gasteiger partial charge in [-0.05, 0) is 114 Å². The molecule has 10 rings (SSSR count). The van der Waals surface area contributed by atoms with E-state index in [1.165, 1.54) is 28.2 Å². The van der Waals surface area contributed by atoms with Gasteiger partial charge in [0.2, 0.25) is 0 Å². The molecule has 505 valence electrons. The first-order valence-corrected chi connectivity index (χ1v) is 33.8. The summed E-state index contributed by atoms with van der Waals surface area (Å²) < 4.78 is 11.5. The Labute approximate surface area is 605 Å². The minimum Gasteiger partial charge on any atom is -0.507 e. The van der Waals surface area contributed by atoms with Gasteiger partial charge in [0.25, 0.3) is 11.8 Å². The summed E-state index contributed by atoms with van der Waals surface area (Å²) in [6, 6.07) is 18.4. The number of aromatic nitrogens is 6. The van der Waals surface area contributed by atoms with Crippen LogP contribution in [0.25, 0.3) is 0 Å². The van der Waals surface area contributed by atoms with Crippen LogP contribution in [0.5, 0.6) is 11.5 Å². The normalized spacial score (nSPS) is 15.5. The average Bonchev–Trinajstić information content (AvgIpc) is 1.02. The van der Waals surface area contributed by atoms with E-state index in [0.29, 0.717) is 89.1 Å². The maximum Gasteiger partial charge on any atom is 0.513 e. The van der Waals surface area contributed by atoms with Crippen LogP contribution in [0.3, 0.4) is 0 Å². The van der Waals surface area contributed by atoms with E-state index in [0.717, 1.165) is 125 Å². The van der Waals surface area contributed by atoms with E-state index in [2.05, 4.69) is 100 Å². The number of para-hydroxylation sites is 2. The number of aryl methyl sites for hydroxylation is 5. The number of nitrogens with one attached hydrogen (secondary N) is 5. The molecule has 8 N–H and O–H groups in total. The van der Waals surface area contributed by atoms with Gasteiger partial charge in [0, 0.05) is 122 Å². The van der Waals surface area contributed by atoms with Gasteiger partial charge in [-0.25, -0.2) is 34.7 Å². The SMILES string of the molecule is C=C(C)C1CCC(C)=CC1c1c(O)cc(CCCCC)cc1OC(=O)OCCN1CCN(c2cc(Nc3cnc(C(=O)Nc4c(C)cccc4Cl)s3)nc(C)n2)CC1.Cc1nc(Nc2cnc(C(=O)Nc3c(C)cccc3Cl)s2)cc(N2CCN(CCO)CC2)n1.[B]C(=N)O.[Y]. The van der Waals surface area contributed by atoms with Crippen molar-refractivity contribution in [2.75, 3.05) is 110 Å². The van der Waals surface area contributed by atoms with Gasteiger partial charge in [0.05, 0.1) is 40.4 Å². The fourth-order valence-electron chi connectivity index (χ4n) is 11.2. The first-order chi connectivity index (χ1) is 45.5. The van der Waals surface area contributed by atoms with Crippen LogP contribution in [0.2, 0.25) is 10.0 Å². The van der Waals surface area contributed by atoms with Gasteiger partial charge >= 0.3 is 6.16 Å². The number of hydrogen-bond acceptors (Lipinski definition) is 22. The van der Waals surface area contributed by atoms with Gasteiger partial charge in [-0.1, -0.05) is 114 Å². The third-order valence-electron chi connectivity index (χ3n) is 16.1. The molecule has 1 aliphatic carbocycles. The number of hydrogen-bond donors (Lipinski definition) is 8. The van der Waals surface area contributed by atoms with Gasteiger partial charge in [0.15, 0.2) is 17.9 Å². The zero-order chi connectivity index (χ0) is 68.3. The van der Waals surface area contributed by atoms with Crippen molar-refractivity contribution in [1.29, 1.82) is 5.41 Å². The Kier molecular flexibility index (Phi) is 29.4. The van der Waals surface area contributed by atoms with E-state index < -0.39 is 12.0 Å². The Bertz CT molecular complexity index is 3820. The summed E-state index contributed by atoms with van der Waals surface area (Å²) in [5, 5.41) is 48.9. The second-order valence-electron chi connectivity index (χ2n) is 23.4. The molecule has 3 aliphatic rings. The molecule has 2 aliphatic heterocycles. The number of benzene rings is 3. The fraction of sp³-hybridized carbons (Fsp3) is 0.403. The van der Waals surface area contributed by atoms with E-state index >= 15 is 0 Å². The number of piperazine rings is 2. The predicted octanol–water partition coefficient (Wildman–Crippen LogP) is 12.9. The van der Waals surface area contributed by atoms with Crippen molar-refractivity contribution in [3.05, 3.63) is 151 Å². The zero-order valence-electron chi connectivity index (χ0n) is 55.2. The molecule has 23 nitrogen and oxygen atoms in total. The van der Waals surface area contributed by atoms with Crippen LogP contribution in [-0.2, 0) is 43.9 Å². The van der Waals surface area contributed by atoms with Crippen molar-refractivity contribution in [2.24, 2.45) is 5.92 Å². The summed E-state index contributed by atoms with van der Waals surface area (Å²) in [6.07, 6.45) is 10.4. The molecule has 4 aromatic heterocycles. The first-order valence-electron chi connectivity index (χ1n) is 31.5. The maximum absolute atomic E-state index is 13.2. The van der Waals surface area contributed by atoms with Crippen LogP contribution in [0.1, 0.15) is 112 Å². The van der Waals surface area contributed by atoms with Crippen molar-refractivity contribution in [3.63, 3.8) is 0 Å². The molecule has 96 heavy (non-hydrogen) atoms. The van der Waals surface area contributed by atoms with Crippen molar-refractivity contribution < 1.29 is 71.9 Å². The number of aliphatic hydroxyl groups is 2. The number of aliphatic hydroxyl groups excluding tert-OH is 2. The molecule has 0 saturated carbocycles. The third-order valence-corrected chi connectivity index (χ3v) is 18.5. The number of nitrogens with zero attached hydrogens (tertiary/aromatic N) is 10. The van der Waals surface area contributed by atoms with Gasteiger partial charge in [-0.15, -0.1) is 0 Å². The number of thiazole rings is 2. The van der Waals surface area contributed by atoms with Gasteiger partial charge < -0.3 is 55.9 Å². The second-order valence-corrected chi connectivity index (χ2v) is 26.3. The molecular weight excluding hydrogens is 1380 g/mol. The van der Waals surface area contributed by atoms with Crippen LogP contribution in [0, 0.1) is 39.0 Å². The van der Waals surface area contributed by atoms with E-state index in [-0.39, 0.29) is 75.3 Å². The number of ether oxygens (including phenoxy) is 2. The van der Waals surface area contributed by atoms with Crippen molar-refractivity contribution >= 4 is 122 Å². The monoisotopic (exact) mass is 1460 g/mol. The molecule has 0 spiro atoms. The van der Waals surface area contributed by atoms with E-state index in [4.69, 9.17) is 53.3 Å². The number of phenolic OH excluding ortho intramolecular Hbond substituents is 1. The Morgan fingerprint density at radius 1 is 0.750 bits per heavy atom. The van der Waals surface area contributed by atoms with Crippen molar-refractivity contribution in [2.45, 2.75) is 92.9 Å². The van der Waals surface area contributed by atoms with Gasteiger partial charge in [-0.3, -0.25) is 24.8 Å². The molecule has 6 heterocycles. The number of allylic oxidation sites excluding steroid dienone is 3. The Morgan fingerprint density at radius 2 is 1.25 bits per heavy atom. The summed E-state index contributed by atoms with van der Waals surface area (Å²) in [7, 11) is 4.25. The third kappa shape index (κ3) is 22.2. The smallest absolute Gasteiger partial charge is 0.507 e. The Balaban J connectivity index is 0.000000288. The number of aromatic hydroxyl groups is 1. The number of halogens is 2. The minimum atomic E-state index is -0.833. The number of amides is 2. The molecule has 3 aromatic carbocycles. The van der Waals surface area contributed by atoms with Crippen LogP contribution in [0.4, 0.5) is 49.4 Å². The fourth-order valence-corrected chi connectivity index (χ4v) is 13.2. The number of carbonyl (C=O) groups is 3. The molecule has 0 bridgehead atoms. The van der Waals surface area contributed by atoms with Crippen molar-refractivity contribution in [1.82, 2.24) is 39.7 Å². The summed E-state index contributed by atoms with van der Waals surface area (Å²) in [5.74, 6) is 3.14. The van der Waals surface area contributed by atoms with Gasteiger partial charge in [0.1, 0.15) is 68.8 Å². The number of rotatable bonds is 22. The van der Waals surface area contributed by atoms with Crippen LogP contribution < -0.4 is 35.8 Å². The second kappa shape index (κ2) is 37.0. The van der Waals surface area contributed by atoms with E-state index in [1.54, 1.807) is 24.5 Å². The summed E-state index contributed by atoms with van der Waals surface area (Å²) >= 11 is 15.0. The van der Waals surface area contributed by atoms with Crippen LogP contribution in [-0.4, -0.2) is 165 Å². The molecule has 2 saturated heterocycles. The molecule has 2 atom stereocenters. The van der Waals surface area contributed by atoms with Gasteiger partial charge in [-0.2, -0.15) is 0 Å². The van der Waals surface area contributed by atoms with E-state index in [9.17, 15) is 19.5 Å². The molecular formula is C67H82BCl2N15O8S2Y. The molecule has 29 heteroatoms. The number of carbonyl (C=O) groups excluding carboxylic acids is 3. The predicted molar refractivity (Wildman–Crippen MR) is 380 cm³/mol. The summed E-state index contributed by atoms with van der Waals surface area (Å²) in [6.45, 7) is 25.9. The average molecular weight is 1460 g/mol. The largest absolute Gasteiger partial charge is 0.513 e.